The minimum Gasteiger partial charge on any atom is -0.463 e. The summed E-state index contributed by atoms with van der Waals surface area (Å²) in [5.74, 6) is -0.246. The summed E-state index contributed by atoms with van der Waals surface area (Å²) in [7, 11) is 0. The summed E-state index contributed by atoms with van der Waals surface area (Å²) >= 11 is 4.64. The molecule has 148 valence electrons. The Morgan fingerprint density at radius 3 is 1.62 bits per heavy atom. The lowest BCUT2D eigenvalue weighted by Crippen LogP contribution is -2.07. The average Bonchev–Trinajstić information content (AvgIpc) is 2.47. The third-order valence-corrected chi connectivity index (χ3v) is 2.05. The Bertz CT molecular complexity index is 243. The number of ether oxygens (including phenoxy) is 3. The van der Waals surface area contributed by atoms with Crippen LogP contribution in [-0.4, -0.2) is 56.0 Å². The Hall–Kier alpha value is -0.400. The fourth-order valence-electron chi connectivity index (χ4n) is 1.01. The first-order valence-electron chi connectivity index (χ1n) is 7.98. The zero-order valence-corrected chi connectivity index (χ0v) is 16.9. The van der Waals surface area contributed by atoms with Gasteiger partial charge in [0.15, 0.2) is 0 Å². The molecule has 0 bridgehead atoms. The maximum atomic E-state index is 10.3. The molecule has 0 rings (SSSR count). The Morgan fingerprint density at radius 1 is 0.875 bits per heavy atom. The average molecular weight is 393 g/mol. The molecular weight excluding hydrogens is 359 g/mol. The van der Waals surface area contributed by atoms with Crippen molar-refractivity contribution < 1.29 is 28.9 Å². The molecule has 0 aromatic rings. The Morgan fingerprint density at radius 2 is 1.29 bits per heavy atom. The molecule has 0 saturated carbocycles. The quantitative estimate of drug-likeness (QED) is 0.329. The number of halogens is 2. The number of aliphatic hydroxyl groups is 1. The first-order chi connectivity index (χ1) is 10.9. The second-order valence-electron chi connectivity index (χ2n) is 4.47. The van der Waals surface area contributed by atoms with E-state index in [-0.39, 0.29) is 30.2 Å². The number of unbranched alkanes of at least 4 members (excludes halogenated alkanes) is 2. The van der Waals surface area contributed by atoms with E-state index in [9.17, 15) is 9.59 Å². The molecule has 24 heavy (non-hydrogen) atoms. The van der Waals surface area contributed by atoms with Crippen LogP contribution >= 0.6 is 24.0 Å². The summed E-state index contributed by atoms with van der Waals surface area (Å²) in [6.07, 6.45) is 4.46. The van der Waals surface area contributed by atoms with Gasteiger partial charge in [-0.1, -0.05) is 26.7 Å². The molecule has 6 nitrogen and oxygen atoms in total. The molecule has 8 heteroatoms. The van der Waals surface area contributed by atoms with Gasteiger partial charge in [0.1, 0.15) is 6.61 Å². The van der Waals surface area contributed by atoms with E-state index in [1.165, 1.54) is 13.8 Å². The third kappa shape index (κ3) is 57.7. The molecule has 0 unspecified atom stereocenters. The van der Waals surface area contributed by atoms with Crippen LogP contribution in [-0.2, 0) is 23.8 Å². The van der Waals surface area contributed by atoms with Crippen LogP contribution in [0.15, 0.2) is 0 Å². The number of hydrogen-bond donors (Lipinski definition) is 1. The smallest absolute Gasteiger partial charge is 0.302 e. The van der Waals surface area contributed by atoms with Gasteiger partial charge in [-0.15, -0.1) is 12.4 Å². The summed E-state index contributed by atoms with van der Waals surface area (Å²) in [6.45, 7) is 9.97. The van der Waals surface area contributed by atoms with E-state index >= 15 is 0 Å². The largest absolute Gasteiger partial charge is 0.463 e. The SMILES string of the molecule is CC(=O)Cl.CCCCOCCO.CCCCOCCOC(C)=O.Cl. The van der Waals surface area contributed by atoms with Gasteiger partial charge in [0, 0.05) is 27.1 Å². The predicted octanol–water partition coefficient (Wildman–Crippen LogP) is 3.36. The van der Waals surface area contributed by atoms with Gasteiger partial charge in [0.2, 0.25) is 5.24 Å². The summed E-state index contributed by atoms with van der Waals surface area (Å²) in [4.78, 5) is 19.5. The van der Waals surface area contributed by atoms with Crippen LogP contribution in [0.25, 0.3) is 0 Å². The molecule has 0 fully saturated rings. The molecule has 0 amide bonds. The number of aliphatic hydroxyl groups excluding tert-OH is 1. The van der Waals surface area contributed by atoms with Gasteiger partial charge in [0.25, 0.3) is 0 Å². The molecule has 1 N–H and O–H groups in total. The van der Waals surface area contributed by atoms with Crippen molar-refractivity contribution in [1.82, 2.24) is 0 Å². The fourth-order valence-corrected chi connectivity index (χ4v) is 1.01. The normalized spacial score (nSPS) is 8.75. The van der Waals surface area contributed by atoms with Crippen LogP contribution in [0.1, 0.15) is 53.4 Å². The van der Waals surface area contributed by atoms with Gasteiger partial charge in [-0.2, -0.15) is 0 Å². The second-order valence-corrected chi connectivity index (χ2v) is 5.00. The van der Waals surface area contributed by atoms with E-state index in [1.54, 1.807) is 0 Å². The number of carbonyl (C=O) groups is 2. The van der Waals surface area contributed by atoms with Crippen molar-refractivity contribution in [2.75, 3.05) is 39.6 Å². The number of carbonyl (C=O) groups excluding carboxylic acids is 2. The molecule has 0 radical (unpaired) electrons. The molecule has 0 aliphatic carbocycles. The lowest BCUT2D eigenvalue weighted by molar-refractivity contribution is -0.142. The van der Waals surface area contributed by atoms with Crippen molar-refractivity contribution >= 4 is 35.2 Å². The summed E-state index contributed by atoms with van der Waals surface area (Å²) < 4.78 is 14.8. The summed E-state index contributed by atoms with van der Waals surface area (Å²) in [5.41, 5.74) is 0. The Balaban J connectivity index is -0.000000136. The van der Waals surface area contributed by atoms with Gasteiger partial charge < -0.3 is 19.3 Å². The highest BCUT2D eigenvalue weighted by Gasteiger charge is 1.91. The molecule has 0 saturated heterocycles. The van der Waals surface area contributed by atoms with Crippen molar-refractivity contribution in [2.45, 2.75) is 53.4 Å². The Kier molecular flexibility index (Phi) is 39.8. The predicted molar refractivity (Wildman–Crippen MR) is 99.0 cm³/mol. The number of hydrogen-bond acceptors (Lipinski definition) is 6. The van der Waals surface area contributed by atoms with Crippen LogP contribution < -0.4 is 0 Å². The highest BCUT2D eigenvalue weighted by atomic mass is 35.5. The Labute approximate surface area is 157 Å². The molecule has 0 heterocycles. The van der Waals surface area contributed by atoms with Crippen molar-refractivity contribution in [3.63, 3.8) is 0 Å². The van der Waals surface area contributed by atoms with Crippen LogP contribution in [0, 0.1) is 0 Å². The topological polar surface area (TPSA) is 82.1 Å². The molecule has 0 aromatic heterocycles. The van der Waals surface area contributed by atoms with Crippen LogP contribution in [0.3, 0.4) is 0 Å². The molecule has 0 atom stereocenters. The van der Waals surface area contributed by atoms with E-state index in [0.29, 0.717) is 19.8 Å². The zero-order chi connectivity index (χ0) is 18.3. The first kappa shape index (κ1) is 31.4. The summed E-state index contributed by atoms with van der Waals surface area (Å²) in [6, 6.07) is 0. The minimum absolute atomic E-state index is 0. The first-order valence-corrected chi connectivity index (χ1v) is 8.35. The van der Waals surface area contributed by atoms with Gasteiger partial charge >= 0.3 is 5.97 Å². The van der Waals surface area contributed by atoms with Crippen LogP contribution in [0.2, 0.25) is 0 Å². The number of esters is 1. The van der Waals surface area contributed by atoms with Gasteiger partial charge in [-0.3, -0.25) is 9.59 Å². The van der Waals surface area contributed by atoms with Crippen LogP contribution in [0.5, 0.6) is 0 Å². The fraction of sp³-hybridized carbons (Fsp3) is 0.875. The minimum atomic E-state index is -0.361. The second kappa shape index (κ2) is 30.5. The summed E-state index contributed by atoms with van der Waals surface area (Å²) in [5, 5.41) is 7.88. The maximum Gasteiger partial charge on any atom is 0.302 e. The van der Waals surface area contributed by atoms with Crippen LogP contribution in [0.4, 0.5) is 0 Å². The van der Waals surface area contributed by atoms with E-state index in [1.807, 2.05) is 0 Å². The van der Waals surface area contributed by atoms with Crippen molar-refractivity contribution in [1.29, 1.82) is 0 Å². The van der Waals surface area contributed by atoms with E-state index in [2.05, 4.69) is 30.2 Å². The van der Waals surface area contributed by atoms with E-state index < -0.39 is 0 Å². The maximum absolute atomic E-state index is 10.3. The van der Waals surface area contributed by atoms with Gasteiger partial charge in [0.05, 0.1) is 19.8 Å². The standard InChI is InChI=1S/C8H16O3.C6H14O2.C2H3ClO.ClH/c1-3-4-5-10-6-7-11-8(2)9;1-2-3-5-8-6-4-7;1-2(3)4;/h3-7H2,1-2H3;7H,2-6H2,1H3;1H3;1H. The molecule has 0 aliphatic heterocycles. The highest BCUT2D eigenvalue weighted by molar-refractivity contribution is 6.62. The van der Waals surface area contributed by atoms with E-state index in [0.717, 1.165) is 38.9 Å². The zero-order valence-electron chi connectivity index (χ0n) is 15.3. The molecule has 0 aromatic carbocycles. The van der Waals surface area contributed by atoms with E-state index in [4.69, 9.17) is 14.6 Å². The third-order valence-electron chi connectivity index (χ3n) is 2.05. The van der Waals surface area contributed by atoms with Gasteiger partial charge in [-0.25, -0.2) is 0 Å². The molecular formula is C16H34Cl2O6. The molecule has 0 spiro atoms. The lowest BCUT2D eigenvalue weighted by atomic mass is 10.4. The highest BCUT2D eigenvalue weighted by Crippen LogP contribution is 1.87. The lowest BCUT2D eigenvalue weighted by Gasteiger charge is -2.02. The van der Waals surface area contributed by atoms with Crippen molar-refractivity contribution in [3.05, 3.63) is 0 Å². The molecule has 0 aliphatic rings. The van der Waals surface area contributed by atoms with Crippen molar-refractivity contribution in [3.8, 4) is 0 Å². The monoisotopic (exact) mass is 392 g/mol. The van der Waals surface area contributed by atoms with Crippen molar-refractivity contribution in [2.24, 2.45) is 0 Å². The van der Waals surface area contributed by atoms with Gasteiger partial charge in [-0.05, 0) is 24.4 Å². The number of rotatable bonds is 11.